The highest BCUT2D eigenvalue weighted by molar-refractivity contribution is 7.09. The lowest BCUT2D eigenvalue weighted by Crippen LogP contribution is -2.50. The van der Waals surface area contributed by atoms with Crippen molar-refractivity contribution in [3.63, 3.8) is 0 Å². The van der Waals surface area contributed by atoms with Gasteiger partial charge in [0.2, 0.25) is 5.91 Å². The van der Waals surface area contributed by atoms with E-state index in [9.17, 15) is 29.1 Å². The molecule has 1 aromatic heterocycles. The van der Waals surface area contributed by atoms with Crippen molar-refractivity contribution in [2.45, 2.75) is 137 Å². The molecule has 2 N–H and O–H groups in total. The van der Waals surface area contributed by atoms with E-state index in [1.165, 1.54) is 18.3 Å². The van der Waals surface area contributed by atoms with Crippen molar-refractivity contribution in [2.24, 2.45) is 17.8 Å². The van der Waals surface area contributed by atoms with Crippen molar-refractivity contribution in [1.82, 2.24) is 20.1 Å². The summed E-state index contributed by atoms with van der Waals surface area (Å²) in [6.45, 7) is 12.7. The summed E-state index contributed by atoms with van der Waals surface area (Å²) in [5, 5.41) is 14.1. The number of aliphatic hydroxyl groups excluding tert-OH is 1. The first-order valence-corrected chi connectivity index (χ1v) is 20.3. The zero-order valence-corrected chi connectivity index (χ0v) is 33.7. The molecule has 0 bridgehead atoms. The van der Waals surface area contributed by atoms with E-state index in [2.05, 4.69) is 15.2 Å². The number of carbonyl (C=O) groups is 5. The van der Waals surface area contributed by atoms with E-state index >= 15 is 0 Å². The van der Waals surface area contributed by atoms with Crippen LogP contribution in [0, 0.1) is 17.8 Å². The number of benzene rings is 1. The summed E-state index contributed by atoms with van der Waals surface area (Å²) in [4.78, 5) is 76.0. The number of nitrogens with zero attached hydrogens (tertiary/aromatic N) is 3. The molecule has 6 atom stereocenters. The summed E-state index contributed by atoms with van der Waals surface area (Å²) in [5.41, 5.74) is 0.983. The Labute approximate surface area is 327 Å². The minimum Gasteiger partial charge on any atom is -0.455 e. The summed E-state index contributed by atoms with van der Waals surface area (Å²) in [6, 6.07) is 8.08. The maximum atomic E-state index is 14.6. The molecule has 1 saturated heterocycles. The van der Waals surface area contributed by atoms with Crippen molar-refractivity contribution in [3.05, 3.63) is 52.0 Å². The third-order valence-corrected chi connectivity index (χ3v) is 11.4. The second kappa shape index (κ2) is 23.4. The van der Waals surface area contributed by atoms with Crippen LogP contribution < -0.4 is 5.32 Å². The first kappa shape index (κ1) is 46.7. The quantitative estimate of drug-likeness (QED) is 0.123. The maximum absolute atomic E-state index is 14.6. The van der Waals surface area contributed by atoms with E-state index in [0.717, 1.165) is 37.8 Å². The fraction of sp³-hybridized carbons (Fsp3) is 0.667. The Hall–Kier alpha value is -3.48. The Bertz CT molecular complexity index is 1480. The summed E-state index contributed by atoms with van der Waals surface area (Å²) in [5.74, 6) is -1.65. The summed E-state index contributed by atoms with van der Waals surface area (Å²) < 4.78 is 5.85. The van der Waals surface area contributed by atoms with E-state index in [4.69, 9.17) is 4.74 Å². The van der Waals surface area contributed by atoms with Gasteiger partial charge in [0.05, 0.1) is 12.1 Å². The van der Waals surface area contributed by atoms with Gasteiger partial charge in [0, 0.05) is 56.7 Å². The van der Waals surface area contributed by atoms with Crippen LogP contribution in [0.25, 0.3) is 0 Å². The van der Waals surface area contributed by atoms with Crippen molar-refractivity contribution < 1.29 is 33.8 Å². The van der Waals surface area contributed by atoms with Crippen molar-refractivity contribution in [2.75, 3.05) is 26.7 Å². The number of thiazole rings is 1. The fourth-order valence-electron chi connectivity index (χ4n) is 7.22. The molecule has 2 unspecified atom stereocenters. The van der Waals surface area contributed by atoms with Gasteiger partial charge in [-0.05, 0) is 63.1 Å². The zero-order chi connectivity index (χ0) is 39.1. The molecule has 1 aliphatic rings. The third-order valence-electron chi connectivity index (χ3n) is 10.5. The highest BCUT2D eigenvalue weighted by Crippen LogP contribution is 2.33. The van der Waals surface area contributed by atoms with E-state index in [1.807, 2.05) is 76.9 Å². The minimum atomic E-state index is -0.829. The molecule has 0 aliphatic carbocycles. The van der Waals surface area contributed by atoms with Crippen LogP contribution in [0.4, 0.5) is 0 Å². The molecule has 1 fully saturated rings. The second-order valence-corrected chi connectivity index (χ2v) is 15.8. The van der Waals surface area contributed by atoms with Gasteiger partial charge >= 0.3 is 5.97 Å². The van der Waals surface area contributed by atoms with Gasteiger partial charge in [0.15, 0.2) is 17.7 Å². The Morgan fingerprint density at radius 2 is 1.80 bits per heavy atom. The monoisotopic (exact) mass is 770 g/mol. The Balaban J connectivity index is 0.0000101. The van der Waals surface area contributed by atoms with Crippen LogP contribution in [-0.4, -0.2) is 94.1 Å². The number of amides is 2. The highest BCUT2D eigenvalue weighted by Gasteiger charge is 2.39. The fourth-order valence-corrected chi connectivity index (χ4v) is 8.06. The number of aromatic nitrogens is 1. The third kappa shape index (κ3) is 13.7. The second-order valence-electron chi connectivity index (χ2n) is 14.9. The van der Waals surface area contributed by atoms with Gasteiger partial charge in [-0.1, -0.05) is 85.2 Å². The summed E-state index contributed by atoms with van der Waals surface area (Å²) >= 11 is 1.19. The van der Waals surface area contributed by atoms with Gasteiger partial charge in [-0.3, -0.25) is 28.9 Å². The van der Waals surface area contributed by atoms with Crippen LogP contribution >= 0.6 is 11.3 Å². The first-order valence-electron chi connectivity index (χ1n) is 19.4. The van der Waals surface area contributed by atoms with Gasteiger partial charge in [-0.15, -0.1) is 11.3 Å². The van der Waals surface area contributed by atoms with E-state index in [1.54, 1.807) is 5.38 Å². The average molecular weight is 771 g/mol. The van der Waals surface area contributed by atoms with Crippen LogP contribution in [0.2, 0.25) is 0 Å². The standard InChI is InChI=1S/C41H62N4O7S.CH4/c1-8-20-45(41(51)31(28(5)9-2)24-37(49)34-18-13-14-21-44(34)7)35(27(3)4)25-38(52-29(6)47)40-43-33(26-53-40)39(50)42-32(36(48)19-15-22-46)23-30-16-11-10-12-17-30;/h10-12,16-17,26-28,31-32,34-35,38,46H,8-9,13-15,18-25H2,1-7H3,(H,42,50);1H4/t28-,31?,32-,34?,35+,38+;/m0./s1. The van der Waals surface area contributed by atoms with Gasteiger partial charge in [0.1, 0.15) is 10.7 Å². The molecule has 0 radical (unpaired) electrons. The lowest BCUT2D eigenvalue weighted by Gasteiger charge is -2.39. The molecule has 2 amide bonds. The molecule has 1 aromatic carbocycles. The molecule has 1 aliphatic heterocycles. The number of hydrogen-bond acceptors (Lipinski definition) is 10. The topological polar surface area (TPSA) is 146 Å². The molecule has 54 heavy (non-hydrogen) atoms. The number of aliphatic hydroxyl groups is 1. The molecule has 0 saturated carbocycles. The molecule has 2 heterocycles. The van der Waals surface area contributed by atoms with Crippen LogP contribution in [0.15, 0.2) is 35.7 Å². The lowest BCUT2D eigenvalue weighted by molar-refractivity contribution is -0.150. The number of esters is 1. The minimum absolute atomic E-state index is 0. The van der Waals surface area contributed by atoms with Crippen LogP contribution in [0.1, 0.15) is 134 Å². The highest BCUT2D eigenvalue weighted by atomic mass is 32.1. The number of rotatable bonds is 22. The van der Waals surface area contributed by atoms with Crippen LogP contribution in [0.5, 0.6) is 0 Å². The number of Topliss-reactive ketones (excluding diaryl/α,β-unsaturated/α-hetero) is 2. The van der Waals surface area contributed by atoms with E-state index in [-0.39, 0.29) is 80.4 Å². The number of nitrogens with one attached hydrogen (secondary N) is 1. The molecule has 3 rings (SSSR count). The van der Waals surface area contributed by atoms with E-state index < -0.39 is 29.9 Å². The van der Waals surface area contributed by atoms with Gasteiger partial charge in [0.25, 0.3) is 5.91 Å². The zero-order valence-electron chi connectivity index (χ0n) is 32.8. The normalized spacial score (nSPS) is 17.4. The molecule has 302 valence electrons. The number of ether oxygens (including phenoxy) is 1. The molecular weight excluding hydrogens is 705 g/mol. The lowest BCUT2D eigenvalue weighted by atomic mass is 9.82. The summed E-state index contributed by atoms with van der Waals surface area (Å²) in [7, 11) is 1.99. The largest absolute Gasteiger partial charge is 0.455 e. The van der Waals surface area contributed by atoms with Gasteiger partial charge in [-0.2, -0.15) is 0 Å². The van der Waals surface area contributed by atoms with E-state index in [0.29, 0.717) is 30.8 Å². The Morgan fingerprint density at radius 3 is 2.39 bits per heavy atom. The molecule has 0 spiro atoms. The predicted molar refractivity (Wildman–Crippen MR) is 214 cm³/mol. The van der Waals surface area contributed by atoms with Crippen molar-refractivity contribution >= 4 is 40.7 Å². The number of carbonyl (C=O) groups excluding carboxylic acids is 5. The predicted octanol–water partition coefficient (Wildman–Crippen LogP) is 6.83. The van der Waals surface area contributed by atoms with Gasteiger partial charge < -0.3 is 20.1 Å². The smallest absolute Gasteiger partial charge is 0.303 e. The SMILES string of the molecule is C.CCCN(C(=O)C(CC(=O)C1CCCCN1C)[C@@H](C)CC)[C@H](C[C@@H](OC(C)=O)c1nc(C(=O)N[C@@H](Cc2ccccc2)C(=O)CCCO)cs1)C(C)C. The first-order chi connectivity index (χ1) is 25.3. The van der Waals surface area contributed by atoms with Crippen molar-refractivity contribution in [1.29, 1.82) is 0 Å². The molecule has 12 heteroatoms. The number of likely N-dealkylation sites (N-methyl/N-ethyl adjacent to an activating group) is 1. The Kier molecular flexibility index (Phi) is 20.3. The van der Waals surface area contributed by atoms with Gasteiger partial charge in [-0.25, -0.2) is 4.98 Å². The van der Waals surface area contributed by atoms with Crippen LogP contribution in [0.3, 0.4) is 0 Å². The molecular formula is C42H66N4O7S. The van der Waals surface area contributed by atoms with Crippen molar-refractivity contribution in [3.8, 4) is 0 Å². The number of ketones is 2. The molecule has 2 aromatic rings. The summed E-state index contributed by atoms with van der Waals surface area (Å²) in [6.07, 6.45) is 4.71. The number of piperidine rings is 1. The maximum Gasteiger partial charge on any atom is 0.303 e. The molecule has 11 nitrogen and oxygen atoms in total. The van der Waals surface area contributed by atoms with Crippen LogP contribution in [-0.2, 0) is 30.3 Å². The average Bonchev–Trinajstić information content (AvgIpc) is 3.64. The number of hydrogen-bond donors (Lipinski definition) is 2. The number of likely N-dealkylation sites (tertiary alicyclic amines) is 1. The Morgan fingerprint density at radius 1 is 1.09 bits per heavy atom.